The number of thiazole rings is 1. The normalized spacial score (nSPS) is 11.8. The Morgan fingerprint density at radius 2 is 2.33 bits per heavy atom. The summed E-state index contributed by atoms with van der Waals surface area (Å²) < 4.78 is 5.11. The van der Waals surface area contributed by atoms with E-state index in [1.165, 1.54) is 11.3 Å². The summed E-state index contributed by atoms with van der Waals surface area (Å²) in [6.07, 6.45) is 5.46. The molecule has 0 saturated carbocycles. The van der Waals surface area contributed by atoms with E-state index in [4.69, 9.17) is 9.84 Å². The van der Waals surface area contributed by atoms with E-state index in [1.54, 1.807) is 27.0 Å². The van der Waals surface area contributed by atoms with Crippen LogP contribution < -0.4 is 5.32 Å². The van der Waals surface area contributed by atoms with Gasteiger partial charge < -0.3 is 9.84 Å². The number of hydrogen-bond donors (Lipinski definition) is 2. The second kappa shape index (κ2) is 6.51. The number of rotatable bonds is 4. The van der Waals surface area contributed by atoms with Gasteiger partial charge in [0.25, 0.3) is 0 Å². The second-order valence-corrected chi connectivity index (χ2v) is 5.67. The van der Waals surface area contributed by atoms with E-state index < -0.39 is 11.7 Å². The summed E-state index contributed by atoms with van der Waals surface area (Å²) >= 11 is 1.35. The molecule has 100 valence electrons. The highest BCUT2D eigenvalue weighted by Gasteiger charge is 2.16. The molecule has 0 radical (unpaired) electrons. The van der Waals surface area contributed by atoms with Gasteiger partial charge in [-0.25, -0.2) is 9.78 Å². The van der Waals surface area contributed by atoms with Gasteiger partial charge in [-0.15, -0.1) is 0 Å². The van der Waals surface area contributed by atoms with Crippen LogP contribution in [0.3, 0.4) is 0 Å². The fourth-order valence-electron chi connectivity index (χ4n) is 1.09. The number of aliphatic hydroxyl groups excluding tert-OH is 1. The zero-order valence-corrected chi connectivity index (χ0v) is 11.6. The average Bonchev–Trinajstić information content (AvgIpc) is 2.63. The molecule has 1 amide bonds. The number of carbonyl (C=O) groups excluding carboxylic acids is 1. The van der Waals surface area contributed by atoms with Crippen molar-refractivity contribution in [1.82, 2.24) is 4.98 Å². The fraction of sp³-hybridized carbons (Fsp3) is 0.500. The highest BCUT2D eigenvalue weighted by molar-refractivity contribution is 7.16. The number of hydrogen-bond acceptors (Lipinski definition) is 5. The van der Waals surface area contributed by atoms with E-state index in [0.29, 0.717) is 11.6 Å². The number of nitrogens with one attached hydrogen (secondary N) is 1. The maximum absolute atomic E-state index is 11.5. The summed E-state index contributed by atoms with van der Waals surface area (Å²) in [6, 6.07) is 0. The lowest BCUT2D eigenvalue weighted by molar-refractivity contribution is 0.0636. The third kappa shape index (κ3) is 5.79. The number of anilines is 1. The molecule has 1 heterocycles. The standard InChI is InChI=1S/C12H18N2O3S/c1-12(2,3)17-11(16)14-10-13-8-9(18-10)6-4-5-7-15/h4,6,8,15H,5,7H2,1-3H3,(H,13,14,16). The molecule has 0 fully saturated rings. The van der Waals surface area contributed by atoms with E-state index in [1.807, 2.05) is 12.2 Å². The first kappa shape index (κ1) is 14.7. The fourth-order valence-corrected chi connectivity index (χ4v) is 1.82. The molecule has 0 unspecified atom stereocenters. The Morgan fingerprint density at radius 1 is 1.61 bits per heavy atom. The first-order chi connectivity index (χ1) is 8.40. The summed E-state index contributed by atoms with van der Waals surface area (Å²) in [7, 11) is 0. The second-order valence-electron chi connectivity index (χ2n) is 4.61. The minimum absolute atomic E-state index is 0.123. The van der Waals surface area contributed by atoms with Gasteiger partial charge in [0.05, 0.1) is 0 Å². The molecule has 0 atom stereocenters. The van der Waals surface area contributed by atoms with Crippen molar-refractivity contribution in [3.8, 4) is 0 Å². The van der Waals surface area contributed by atoms with Crippen LogP contribution in [0.2, 0.25) is 0 Å². The Balaban J connectivity index is 2.51. The van der Waals surface area contributed by atoms with Crippen molar-refractivity contribution in [2.45, 2.75) is 32.8 Å². The summed E-state index contributed by atoms with van der Waals surface area (Å²) in [4.78, 5) is 16.4. The molecular formula is C12H18N2O3S. The lowest BCUT2D eigenvalue weighted by Crippen LogP contribution is -2.27. The number of carbonyl (C=O) groups is 1. The van der Waals surface area contributed by atoms with Crippen LogP contribution >= 0.6 is 11.3 Å². The van der Waals surface area contributed by atoms with E-state index in [9.17, 15) is 4.79 Å². The highest BCUT2D eigenvalue weighted by atomic mass is 32.1. The summed E-state index contributed by atoms with van der Waals surface area (Å²) in [5.41, 5.74) is -0.523. The van der Waals surface area contributed by atoms with Crippen molar-refractivity contribution in [1.29, 1.82) is 0 Å². The average molecular weight is 270 g/mol. The largest absolute Gasteiger partial charge is 0.444 e. The molecule has 1 aromatic rings. The Hall–Kier alpha value is -1.40. The monoisotopic (exact) mass is 270 g/mol. The van der Waals surface area contributed by atoms with Crippen molar-refractivity contribution in [2.75, 3.05) is 11.9 Å². The Morgan fingerprint density at radius 3 is 2.94 bits per heavy atom. The zero-order valence-electron chi connectivity index (χ0n) is 10.8. The lowest BCUT2D eigenvalue weighted by Gasteiger charge is -2.18. The SMILES string of the molecule is CC(C)(C)OC(=O)Nc1ncc(C=CCCO)s1. The molecule has 0 aliphatic carbocycles. The van der Waals surface area contributed by atoms with Gasteiger partial charge in [0.2, 0.25) is 0 Å². The van der Waals surface area contributed by atoms with Crippen molar-refractivity contribution < 1.29 is 14.6 Å². The van der Waals surface area contributed by atoms with E-state index >= 15 is 0 Å². The van der Waals surface area contributed by atoms with Crippen molar-refractivity contribution >= 4 is 28.6 Å². The predicted octanol–water partition coefficient (Wildman–Crippen LogP) is 2.89. The van der Waals surface area contributed by atoms with Crippen LogP contribution in [0.4, 0.5) is 9.93 Å². The third-order valence-electron chi connectivity index (χ3n) is 1.71. The quantitative estimate of drug-likeness (QED) is 0.882. The number of ether oxygens (including phenoxy) is 1. The summed E-state index contributed by atoms with van der Waals surface area (Å²) in [5, 5.41) is 11.7. The molecule has 1 rings (SSSR count). The molecule has 5 nitrogen and oxygen atoms in total. The molecule has 0 aliphatic heterocycles. The maximum atomic E-state index is 11.5. The topological polar surface area (TPSA) is 71.5 Å². The van der Waals surface area contributed by atoms with Gasteiger partial charge in [-0.3, -0.25) is 5.32 Å². The predicted molar refractivity (Wildman–Crippen MR) is 72.7 cm³/mol. The van der Waals surface area contributed by atoms with Crippen molar-refractivity contribution in [3.63, 3.8) is 0 Å². The van der Waals surface area contributed by atoms with Crippen LogP contribution in [-0.4, -0.2) is 28.4 Å². The van der Waals surface area contributed by atoms with Gasteiger partial charge in [0.15, 0.2) is 5.13 Å². The van der Waals surface area contributed by atoms with E-state index in [-0.39, 0.29) is 6.61 Å². The van der Waals surface area contributed by atoms with E-state index in [0.717, 1.165) is 4.88 Å². The smallest absolute Gasteiger partial charge is 0.413 e. The zero-order chi connectivity index (χ0) is 13.6. The maximum Gasteiger partial charge on any atom is 0.413 e. The first-order valence-electron chi connectivity index (χ1n) is 5.64. The van der Waals surface area contributed by atoms with Crippen LogP contribution in [0.1, 0.15) is 32.1 Å². The molecule has 0 saturated heterocycles. The molecule has 0 spiro atoms. The molecule has 0 aromatic carbocycles. The van der Waals surface area contributed by atoms with E-state index in [2.05, 4.69) is 10.3 Å². The summed E-state index contributed by atoms with van der Waals surface area (Å²) in [5.74, 6) is 0. The van der Waals surface area contributed by atoms with Crippen LogP contribution in [0.5, 0.6) is 0 Å². The Bertz CT molecular complexity index is 421. The van der Waals surface area contributed by atoms with Crippen LogP contribution in [0, 0.1) is 0 Å². The van der Waals surface area contributed by atoms with Gasteiger partial charge in [0, 0.05) is 17.7 Å². The molecule has 18 heavy (non-hydrogen) atoms. The summed E-state index contributed by atoms with van der Waals surface area (Å²) in [6.45, 7) is 5.53. The van der Waals surface area contributed by atoms with Gasteiger partial charge in [-0.2, -0.15) is 0 Å². The Kier molecular flexibility index (Phi) is 5.30. The molecule has 6 heteroatoms. The van der Waals surface area contributed by atoms with Crippen molar-refractivity contribution in [2.24, 2.45) is 0 Å². The van der Waals surface area contributed by atoms with Gasteiger partial charge in [-0.05, 0) is 33.3 Å². The number of aliphatic hydroxyl groups is 1. The number of nitrogens with zero attached hydrogens (tertiary/aromatic N) is 1. The number of amides is 1. The molecule has 0 bridgehead atoms. The minimum Gasteiger partial charge on any atom is -0.444 e. The molecule has 1 aromatic heterocycles. The lowest BCUT2D eigenvalue weighted by atomic mass is 10.2. The molecule has 2 N–H and O–H groups in total. The van der Waals surface area contributed by atoms with Gasteiger partial charge in [-0.1, -0.05) is 17.4 Å². The minimum atomic E-state index is -0.523. The molecule has 0 aliphatic rings. The number of aromatic nitrogens is 1. The van der Waals surface area contributed by atoms with Crippen LogP contribution in [0.15, 0.2) is 12.3 Å². The Labute approximate surface area is 111 Å². The van der Waals surface area contributed by atoms with Gasteiger partial charge in [0.1, 0.15) is 5.60 Å². The first-order valence-corrected chi connectivity index (χ1v) is 6.45. The van der Waals surface area contributed by atoms with Gasteiger partial charge >= 0.3 is 6.09 Å². The highest BCUT2D eigenvalue weighted by Crippen LogP contribution is 2.20. The molecular weight excluding hydrogens is 252 g/mol. The van der Waals surface area contributed by atoms with Crippen LogP contribution in [0.25, 0.3) is 6.08 Å². The third-order valence-corrected chi connectivity index (χ3v) is 2.59. The van der Waals surface area contributed by atoms with Crippen LogP contribution in [-0.2, 0) is 4.74 Å². The van der Waals surface area contributed by atoms with Crippen molar-refractivity contribution in [3.05, 3.63) is 17.2 Å².